The van der Waals surface area contributed by atoms with Gasteiger partial charge in [0.2, 0.25) is 0 Å². The van der Waals surface area contributed by atoms with Gasteiger partial charge in [0.1, 0.15) is 36.6 Å². The molecule has 15 nitrogen and oxygen atoms in total. The van der Waals surface area contributed by atoms with Crippen molar-refractivity contribution >= 4 is 12.0 Å². The third kappa shape index (κ3) is 8.25. The second-order valence-corrected chi connectivity index (χ2v) is 10.8. The maximum atomic E-state index is 12.9. The van der Waals surface area contributed by atoms with E-state index in [2.05, 4.69) is 0 Å². The van der Waals surface area contributed by atoms with Crippen LogP contribution in [0.2, 0.25) is 0 Å². The molecule has 2 aromatic carbocycles. The van der Waals surface area contributed by atoms with Crippen molar-refractivity contribution in [3.63, 3.8) is 0 Å². The molecule has 0 unspecified atom stereocenters. The minimum absolute atomic E-state index is 0.00703. The van der Waals surface area contributed by atoms with Crippen LogP contribution in [0.1, 0.15) is 18.1 Å². The average molecular weight is 653 g/mol. The number of methoxy groups -OCH3 is 2. The van der Waals surface area contributed by atoms with Crippen molar-refractivity contribution in [2.24, 2.45) is 0 Å². The third-order valence-corrected chi connectivity index (χ3v) is 7.68. The summed E-state index contributed by atoms with van der Waals surface area (Å²) in [5.74, 6) is -0.634. The van der Waals surface area contributed by atoms with Crippen molar-refractivity contribution in [2.75, 3.05) is 27.4 Å². The smallest absolute Gasteiger partial charge is 0.331 e. The maximum absolute atomic E-state index is 12.9. The molecule has 4 rings (SSSR count). The fourth-order valence-electron chi connectivity index (χ4n) is 5.08. The Bertz CT molecular complexity index is 1340. The molecule has 15 heteroatoms. The molecule has 10 atom stereocenters. The molecule has 2 fully saturated rings. The van der Waals surface area contributed by atoms with E-state index < -0.39 is 74.0 Å². The highest BCUT2D eigenvalue weighted by Gasteiger charge is 2.52. The van der Waals surface area contributed by atoms with Gasteiger partial charge in [-0.1, -0.05) is 12.1 Å². The molecule has 254 valence electrons. The van der Waals surface area contributed by atoms with Crippen molar-refractivity contribution in [1.82, 2.24) is 0 Å². The van der Waals surface area contributed by atoms with E-state index in [1.165, 1.54) is 45.4 Å². The Morgan fingerprint density at radius 1 is 0.848 bits per heavy atom. The number of hydrogen-bond donors (Lipinski definition) is 7. The lowest BCUT2D eigenvalue weighted by molar-refractivity contribution is -0.357. The van der Waals surface area contributed by atoms with Crippen LogP contribution in [0.3, 0.4) is 0 Å². The molecule has 0 aromatic heterocycles. The Hall–Kier alpha value is -3.51. The van der Waals surface area contributed by atoms with Crippen LogP contribution in [0.15, 0.2) is 42.5 Å². The highest BCUT2D eigenvalue weighted by Crippen LogP contribution is 2.32. The van der Waals surface area contributed by atoms with Crippen LogP contribution in [0.25, 0.3) is 6.08 Å². The van der Waals surface area contributed by atoms with Gasteiger partial charge in [-0.05, 0) is 54.8 Å². The van der Waals surface area contributed by atoms with Gasteiger partial charge in [0, 0.05) is 6.08 Å². The van der Waals surface area contributed by atoms with Crippen LogP contribution >= 0.6 is 0 Å². The number of ether oxygens (including phenoxy) is 7. The highest BCUT2D eigenvalue weighted by molar-refractivity contribution is 5.87. The largest absolute Gasteiger partial charge is 0.504 e. The van der Waals surface area contributed by atoms with E-state index in [1.807, 2.05) is 0 Å². The molecule has 46 heavy (non-hydrogen) atoms. The summed E-state index contributed by atoms with van der Waals surface area (Å²) < 4.78 is 38.6. The number of aliphatic hydroxyl groups excluding tert-OH is 5. The fourth-order valence-corrected chi connectivity index (χ4v) is 5.08. The van der Waals surface area contributed by atoms with Gasteiger partial charge >= 0.3 is 5.97 Å². The Balaban J connectivity index is 1.52. The second kappa shape index (κ2) is 15.9. The molecule has 2 saturated heterocycles. The number of phenols is 2. The molecular weight excluding hydrogens is 612 g/mol. The molecule has 0 spiro atoms. The molecule has 7 N–H and O–H groups in total. The summed E-state index contributed by atoms with van der Waals surface area (Å²) in [6.45, 7) is 0.727. The molecule has 0 saturated carbocycles. The summed E-state index contributed by atoms with van der Waals surface area (Å²) >= 11 is 0. The summed E-state index contributed by atoms with van der Waals surface area (Å²) in [4.78, 5) is 12.9. The number of benzene rings is 2. The number of aliphatic hydroxyl groups is 5. The number of phenolic OH excluding ortho intramolecular Hbond substituents is 2. The molecule has 2 aliphatic rings. The van der Waals surface area contributed by atoms with Crippen molar-refractivity contribution in [3.05, 3.63) is 53.6 Å². The fraction of sp³-hybridized carbons (Fsp3) is 0.516. The standard InChI is InChI=1S/C31H40O15/c1-15-24(36)25(37)26(38)31(43-15)46-29-27(39)30(42-11-10-17-4-7-18(33)21(13-17)41-3)44-22(14-32)28(29)45-23(35)9-6-16-5-8-20(40-2)19(34)12-16/h4-9,12-13,15,22,24-34,36-39H,10-11,14H2,1-3H3/b9-6+/t15-,22+,24-,25+,26+,27+,28+,29+,30+,31-/m0/s1. The van der Waals surface area contributed by atoms with Gasteiger partial charge in [-0.25, -0.2) is 4.79 Å². The van der Waals surface area contributed by atoms with Crippen LogP contribution in [0.4, 0.5) is 0 Å². The zero-order valence-electron chi connectivity index (χ0n) is 25.4. The second-order valence-electron chi connectivity index (χ2n) is 10.8. The first-order chi connectivity index (χ1) is 22.0. The van der Waals surface area contributed by atoms with Crippen molar-refractivity contribution in [3.8, 4) is 23.0 Å². The highest BCUT2D eigenvalue weighted by atomic mass is 16.7. The van der Waals surface area contributed by atoms with Crippen LogP contribution in [0.5, 0.6) is 23.0 Å². The van der Waals surface area contributed by atoms with Gasteiger partial charge in [0.05, 0.1) is 33.5 Å². The molecule has 2 aromatic rings. The van der Waals surface area contributed by atoms with Crippen LogP contribution in [-0.2, 0) is 34.9 Å². The minimum Gasteiger partial charge on any atom is -0.504 e. The summed E-state index contributed by atoms with van der Waals surface area (Å²) in [6.07, 6.45) is -12.1. The Morgan fingerprint density at radius 3 is 2.26 bits per heavy atom. The number of carbonyl (C=O) groups is 1. The van der Waals surface area contributed by atoms with Gasteiger partial charge in [-0.3, -0.25) is 0 Å². The summed E-state index contributed by atoms with van der Waals surface area (Å²) in [7, 11) is 2.80. The predicted molar refractivity (Wildman–Crippen MR) is 157 cm³/mol. The van der Waals surface area contributed by atoms with Crippen molar-refractivity contribution in [1.29, 1.82) is 0 Å². The van der Waals surface area contributed by atoms with E-state index in [-0.39, 0.29) is 29.6 Å². The first kappa shape index (κ1) is 35.3. The third-order valence-electron chi connectivity index (χ3n) is 7.68. The minimum atomic E-state index is -1.75. The lowest BCUT2D eigenvalue weighted by Gasteiger charge is -2.46. The SMILES string of the molecule is COc1ccc(/C=C/C(=O)O[C@H]2[C@H](O[C@@H]3O[C@@H](C)[C@H](O)[C@@H](O)[C@H]3O)[C@@H](O)[C@H](OCCc3ccc(O)c(OC)c3)O[C@@H]2CO)cc1O. The van der Waals surface area contributed by atoms with Crippen molar-refractivity contribution in [2.45, 2.75) is 74.8 Å². The molecule has 2 heterocycles. The van der Waals surface area contributed by atoms with E-state index in [1.54, 1.807) is 18.2 Å². The van der Waals surface area contributed by atoms with Crippen LogP contribution < -0.4 is 9.47 Å². The number of esters is 1. The maximum Gasteiger partial charge on any atom is 0.331 e. The van der Waals surface area contributed by atoms with E-state index in [0.717, 1.165) is 11.6 Å². The Kier molecular flexibility index (Phi) is 12.2. The number of carbonyl (C=O) groups excluding carboxylic acids is 1. The van der Waals surface area contributed by atoms with Gasteiger partial charge in [-0.15, -0.1) is 0 Å². The van der Waals surface area contributed by atoms with Crippen LogP contribution in [-0.4, -0.2) is 131 Å². The quantitative estimate of drug-likeness (QED) is 0.114. The van der Waals surface area contributed by atoms with Gasteiger partial charge < -0.3 is 68.9 Å². The summed E-state index contributed by atoms with van der Waals surface area (Å²) in [6, 6.07) is 9.16. The lowest BCUT2D eigenvalue weighted by Crippen LogP contribution is -2.65. The topological polar surface area (TPSA) is 223 Å². The number of hydrogen-bond acceptors (Lipinski definition) is 15. The lowest BCUT2D eigenvalue weighted by atomic mass is 9.97. The summed E-state index contributed by atoms with van der Waals surface area (Å²) in [5.41, 5.74) is 1.16. The summed E-state index contributed by atoms with van der Waals surface area (Å²) in [5, 5.41) is 72.3. The van der Waals surface area contributed by atoms with E-state index >= 15 is 0 Å². The normalized spacial score (nSPS) is 31.5. The Labute approximate surface area is 264 Å². The zero-order chi connectivity index (χ0) is 33.5. The molecular formula is C31H40O15. The molecule has 0 bridgehead atoms. The number of aromatic hydroxyl groups is 2. The van der Waals surface area contributed by atoms with Crippen LogP contribution in [0, 0.1) is 0 Å². The van der Waals surface area contributed by atoms with Crippen molar-refractivity contribution < 1.29 is 73.7 Å². The zero-order valence-corrected chi connectivity index (χ0v) is 25.4. The first-order valence-electron chi connectivity index (χ1n) is 14.5. The monoisotopic (exact) mass is 652 g/mol. The van der Waals surface area contributed by atoms with E-state index in [0.29, 0.717) is 12.0 Å². The average Bonchev–Trinajstić information content (AvgIpc) is 3.04. The van der Waals surface area contributed by atoms with Gasteiger partial charge in [0.25, 0.3) is 0 Å². The van der Waals surface area contributed by atoms with E-state index in [9.17, 15) is 40.5 Å². The predicted octanol–water partition coefficient (Wildman–Crippen LogP) is -0.410. The van der Waals surface area contributed by atoms with E-state index in [4.69, 9.17) is 33.2 Å². The number of rotatable bonds is 12. The first-order valence-corrected chi connectivity index (χ1v) is 14.5. The molecule has 0 radical (unpaired) electrons. The molecule has 0 aliphatic carbocycles. The molecule has 0 amide bonds. The van der Waals surface area contributed by atoms with Gasteiger partial charge in [-0.2, -0.15) is 0 Å². The van der Waals surface area contributed by atoms with Gasteiger partial charge in [0.15, 0.2) is 41.7 Å². The molecule has 2 aliphatic heterocycles. The Morgan fingerprint density at radius 2 is 1.59 bits per heavy atom.